The molecule has 0 saturated carbocycles. The van der Waals surface area contributed by atoms with Crippen LogP contribution in [0.25, 0.3) is 10.8 Å². The van der Waals surface area contributed by atoms with Crippen LogP contribution in [0.4, 0.5) is 5.69 Å². The minimum Gasteiger partial charge on any atom is -0.464 e. The van der Waals surface area contributed by atoms with Gasteiger partial charge in [0.1, 0.15) is 5.69 Å². The maximum atomic E-state index is 11.5. The van der Waals surface area contributed by atoms with Gasteiger partial charge in [-0.05, 0) is 46.7 Å². The van der Waals surface area contributed by atoms with Gasteiger partial charge in [-0.2, -0.15) is 0 Å². The topological polar surface area (TPSA) is 42.4 Å². The molecule has 0 fully saturated rings. The second-order valence-corrected chi connectivity index (χ2v) is 7.23. The molecule has 0 bridgehead atoms. The molecular weight excluding hydrogens is 384 g/mol. The fraction of sp³-hybridized carbons (Fsp3) is 0.111. The second-order valence-electron chi connectivity index (χ2n) is 7.23. The molecule has 31 heavy (non-hydrogen) atoms. The highest BCUT2D eigenvalue weighted by molar-refractivity contribution is 5.87. The number of hydrogen-bond acceptors (Lipinski definition) is 4. The van der Waals surface area contributed by atoms with E-state index in [0.717, 1.165) is 23.4 Å². The van der Waals surface area contributed by atoms with E-state index in [0.29, 0.717) is 0 Å². The number of hydrogen-bond donors (Lipinski definition) is 0. The molecule has 0 aliphatic rings. The van der Waals surface area contributed by atoms with Gasteiger partial charge < -0.3 is 9.64 Å². The summed E-state index contributed by atoms with van der Waals surface area (Å²) in [5.41, 5.74) is 4.24. The first-order valence-electron chi connectivity index (χ1n) is 9.98. The Morgan fingerprint density at radius 3 is 2.48 bits per heavy atom. The molecule has 0 aliphatic carbocycles. The number of rotatable bonds is 4. The van der Waals surface area contributed by atoms with Crippen molar-refractivity contribution in [2.24, 2.45) is 0 Å². The van der Waals surface area contributed by atoms with E-state index in [1.54, 1.807) is 18.3 Å². The number of anilines is 1. The van der Waals surface area contributed by atoms with E-state index in [1.165, 1.54) is 23.4 Å². The molecule has 152 valence electrons. The average Bonchev–Trinajstić information content (AvgIpc) is 2.82. The molecule has 4 aromatic rings. The van der Waals surface area contributed by atoms with Crippen molar-refractivity contribution >= 4 is 22.4 Å². The first-order valence-corrected chi connectivity index (χ1v) is 9.98. The molecule has 0 N–H and O–H groups in total. The molecule has 0 atom stereocenters. The molecule has 4 nitrogen and oxygen atoms in total. The molecule has 3 aromatic carbocycles. The summed E-state index contributed by atoms with van der Waals surface area (Å²) in [4.78, 5) is 17.8. The predicted octanol–water partition coefficient (Wildman–Crippen LogP) is 5.06. The molecule has 1 aromatic heterocycles. The Labute approximate surface area is 182 Å². The Balaban J connectivity index is 1.55. The van der Waals surface area contributed by atoms with E-state index in [1.807, 2.05) is 18.2 Å². The van der Waals surface area contributed by atoms with Crippen LogP contribution in [0.3, 0.4) is 0 Å². The van der Waals surface area contributed by atoms with Crippen molar-refractivity contribution in [1.82, 2.24) is 4.98 Å². The lowest BCUT2D eigenvalue weighted by atomic mass is 10.1. The maximum Gasteiger partial charge on any atom is 0.356 e. The molecule has 0 unspecified atom stereocenters. The van der Waals surface area contributed by atoms with E-state index in [2.05, 4.69) is 82.0 Å². The molecule has 0 spiro atoms. The summed E-state index contributed by atoms with van der Waals surface area (Å²) in [6, 6.07) is 26.4. The van der Waals surface area contributed by atoms with Crippen LogP contribution in [0.1, 0.15) is 27.2 Å². The van der Waals surface area contributed by atoms with Gasteiger partial charge in [-0.15, -0.1) is 0 Å². The van der Waals surface area contributed by atoms with Gasteiger partial charge in [-0.1, -0.05) is 60.4 Å². The number of nitrogens with zero attached hydrogens (tertiary/aromatic N) is 2. The number of ether oxygens (including phenoxy) is 1. The van der Waals surface area contributed by atoms with Gasteiger partial charge in [0.25, 0.3) is 0 Å². The van der Waals surface area contributed by atoms with Crippen molar-refractivity contribution in [3.63, 3.8) is 0 Å². The third-order valence-electron chi connectivity index (χ3n) is 5.05. The minimum absolute atomic E-state index is 0.267. The Kier molecular flexibility index (Phi) is 5.96. The van der Waals surface area contributed by atoms with Crippen LogP contribution in [0.5, 0.6) is 0 Å². The normalized spacial score (nSPS) is 10.3. The summed E-state index contributed by atoms with van der Waals surface area (Å²) in [5, 5.41) is 2.48. The van der Waals surface area contributed by atoms with Gasteiger partial charge in [-0.3, -0.25) is 0 Å². The Morgan fingerprint density at radius 2 is 1.71 bits per heavy atom. The summed E-state index contributed by atoms with van der Waals surface area (Å²) in [6.07, 6.45) is 1.58. The number of fused-ring (bicyclic) bond motifs is 1. The third kappa shape index (κ3) is 4.73. The molecular formula is C27H22N2O2. The average molecular weight is 406 g/mol. The zero-order valence-electron chi connectivity index (χ0n) is 17.5. The van der Waals surface area contributed by atoms with Gasteiger partial charge in [0, 0.05) is 30.9 Å². The quantitative estimate of drug-likeness (QED) is 0.351. The van der Waals surface area contributed by atoms with Crippen LogP contribution >= 0.6 is 0 Å². The van der Waals surface area contributed by atoms with Crippen molar-refractivity contribution in [3.8, 4) is 11.8 Å². The Morgan fingerprint density at radius 1 is 0.935 bits per heavy atom. The maximum absolute atomic E-state index is 11.5. The summed E-state index contributed by atoms with van der Waals surface area (Å²) in [7, 11) is 3.41. The zero-order chi connectivity index (χ0) is 21.6. The first kappa shape index (κ1) is 20.2. The van der Waals surface area contributed by atoms with Crippen LogP contribution in [-0.4, -0.2) is 25.1 Å². The first-order chi connectivity index (χ1) is 15.1. The predicted molar refractivity (Wildman–Crippen MR) is 124 cm³/mol. The fourth-order valence-electron chi connectivity index (χ4n) is 3.44. The molecule has 0 aliphatic heterocycles. The molecule has 0 amide bonds. The Bertz CT molecular complexity index is 1280. The summed E-state index contributed by atoms with van der Waals surface area (Å²) in [6.45, 7) is 0.777. The highest BCUT2D eigenvalue weighted by Crippen LogP contribution is 2.22. The summed E-state index contributed by atoms with van der Waals surface area (Å²) >= 11 is 0. The number of carbonyl (C=O) groups excluding carboxylic acids is 1. The number of aromatic nitrogens is 1. The van der Waals surface area contributed by atoms with E-state index < -0.39 is 5.97 Å². The van der Waals surface area contributed by atoms with Gasteiger partial charge in [0.15, 0.2) is 0 Å². The van der Waals surface area contributed by atoms with Crippen molar-refractivity contribution in [2.75, 3.05) is 19.1 Å². The molecule has 4 heteroatoms. The van der Waals surface area contributed by atoms with Crippen molar-refractivity contribution < 1.29 is 9.53 Å². The van der Waals surface area contributed by atoms with Gasteiger partial charge in [0.05, 0.1) is 12.8 Å². The zero-order valence-corrected chi connectivity index (χ0v) is 17.5. The van der Waals surface area contributed by atoms with Crippen molar-refractivity contribution in [2.45, 2.75) is 6.54 Å². The number of carbonyl (C=O) groups is 1. The van der Waals surface area contributed by atoms with Gasteiger partial charge >= 0.3 is 5.97 Å². The molecule has 0 radical (unpaired) electrons. The number of methoxy groups -OCH3 is 1. The lowest BCUT2D eigenvalue weighted by Crippen LogP contribution is -2.17. The van der Waals surface area contributed by atoms with E-state index in [9.17, 15) is 4.79 Å². The highest BCUT2D eigenvalue weighted by atomic mass is 16.5. The van der Waals surface area contributed by atoms with Gasteiger partial charge in [-0.25, -0.2) is 9.78 Å². The SMILES string of the molecule is COC(=O)c1ccc(C#Cc2ccccc2N(C)Cc2ccc3ccccc3c2)cn1. The largest absolute Gasteiger partial charge is 0.464 e. The lowest BCUT2D eigenvalue weighted by Gasteiger charge is -2.21. The van der Waals surface area contributed by atoms with Crippen molar-refractivity contribution in [1.29, 1.82) is 0 Å². The summed E-state index contributed by atoms with van der Waals surface area (Å²) in [5.74, 6) is 5.92. The van der Waals surface area contributed by atoms with E-state index in [4.69, 9.17) is 0 Å². The fourth-order valence-corrected chi connectivity index (χ4v) is 3.44. The van der Waals surface area contributed by atoms with Gasteiger partial charge in [0.2, 0.25) is 0 Å². The van der Waals surface area contributed by atoms with Crippen LogP contribution in [0, 0.1) is 11.8 Å². The van der Waals surface area contributed by atoms with E-state index in [-0.39, 0.29) is 5.69 Å². The van der Waals surface area contributed by atoms with Crippen LogP contribution in [-0.2, 0) is 11.3 Å². The number of benzene rings is 3. The number of esters is 1. The molecule has 0 saturated heterocycles. The highest BCUT2D eigenvalue weighted by Gasteiger charge is 2.08. The van der Waals surface area contributed by atoms with Crippen LogP contribution in [0.2, 0.25) is 0 Å². The Hall–Kier alpha value is -4.10. The number of pyridine rings is 1. The van der Waals surface area contributed by atoms with E-state index >= 15 is 0 Å². The molecule has 1 heterocycles. The third-order valence-corrected chi connectivity index (χ3v) is 5.05. The van der Waals surface area contributed by atoms with Crippen LogP contribution < -0.4 is 4.90 Å². The second kappa shape index (κ2) is 9.15. The standard InChI is InChI=1S/C27H22N2O2/c1-29(19-21-12-14-22-7-3-4-9-24(22)17-21)26-10-6-5-8-23(26)15-11-20-13-16-25(28-18-20)27(30)31-2/h3-10,12-14,16-18H,19H2,1-2H3. The summed E-state index contributed by atoms with van der Waals surface area (Å²) < 4.78 is 4.68. The number of para-hydroxylation sites is 1. The minimum atomic E-state index is -0.458. The van der Waals surface area contributed by atoms with Crippen LogP contribution in [0.15, 0.2) is 85.1 Å². The lowest BCUT2D eigenvalue weighted by molar-refractivity contribution is 0.0594. The molecule has 4 rings (SSSR count). The smallest absolute Gasteiger partial charge is 0.356 e. The van der Waals surface area contributed by atoms with Crippen molar-refractivity contribution in [3.05, 3.63) is 107 Å². The monoisotopic (exact) mass is 406 g/mol.